The Morgan fingerprint density at radius 2 is 2.10 bits per heavy atom. The van der Waals surface area contributed by atoms with E-state index in [1.54, 1.807) is 0 Å². The number of carbonyl (C=O) groups is 1. The van der Waals surface area contributed by atoms with Crippen molar-refractivity contribution in [2.45, 2.75) is 39.7 Å². The third-order valence-corrected chi connectivity index (χ3v) is 3.92. The summed E-state index contributed by atoms with van der Waals surface area (Å²) in [6, 6.07) is 2.06. The third kappa shape index (κ3) is 2.82. The molecule has 1 fully saturated rings. The van der Waals surface area contributed by atoms with Crippen molar-refractivity contribution < 1.29 is 13.6 Å². The quantitative estimate of drug-likeness (QED) is 0.875. The van der Waals surface area contributed by atoms with Crippen molar-refractivity contribution in [3.05, 3.63) is 29.3 Å². The first-order valence-corrected chi connectivity index (χ1v) is 6.82. The molecule has 2 rings (SSSR count). The molecule has 1 heterocycles. The number of carbonyl (C=O) groups excluding carboxylic acids is 1. The molecule has 0 saturated carbocycles. The van der Waals surface area contributed by atoms with Gasteiger partial charge in [0.25, 0.3) is 0 Å². The second-order valence-electron chi connectivity index (χ2n) is 6.02. The zero-order valence-corrected chi connectivity index (χ0v) is 12.0. The summed E-state index contributed by atoms with van der Waals surface area (Å²) in [6.45, 7) is 6.23. The van der Waals surface area contributed by atoms with Crippen LogP contribution >= 0.6 is 0 Å². The highest BCUT2D eigenvalue weighted by Crippen LogP contribution is 2.31. The molecule has 3 nitrogen and oxygen atoms in total. The molecule has 0 aliphatic carbocycles. The average Bonchev–Trinajstić information content (AvgIpc) is 2.38. The number of halogens is 2. The van der Waals surface area contributed by atoms with Gasteiger partial charge in [0, 0.05) is 0 Å². The van der Waals surface area contributed by atoms with Crippen LogP contribution in [0, 0.1) is 24.0 Å². The highest BCUT2D eigenvalue weighted by molar-refractivity contribution is 5.95. The Hall–Kier alpha value is -1.49. The fourth-order valence-electron chi connectivity index (χ4n) is 2.63. The van der Waals surface area contributed by atoms with Gasteiger partial charge in [0.1, 0.15) is 11.5 Å². The lowest BCUT2D eigenvalue weighted by Crippen LogP contribution is -2.53. The van der Waals surface area contributed by atoms with E-state index < -0.39 is 23.6 Å². The second kappa shape index (κ2) is 5.48. The third-order valence-electron chi connectivity index (χ3n) is 3.92. The smallest absolute Gasteiger partial charge is 0.242 e. The summed E-state index contributed by atoms with van der Waals surface area (Å²) in [5, 5.41) is 5.52. The maximum atomic E-state index is 13.9. The summed E-state index contributed by atoms with van der Waals surface area (Å²) >= 11 is 0. The predicted molar refractivity (Wildman–Crippen MR) is 74.5 cm³/mol. The van der Waals surface area contributed by atoms with Gasteiger partial charge in [-0.15, -0.1) is 0 Å². The molecule has 0 bridgehead atoms. The number of aryl methyl sites for hydroxylation is 1. The van der Waals surface area contributed by atoms with Crippen LogP contribution < -0.4 is 10.6 Å². The van der Waals surface area contributed by atoms with Gasteiger partial charge < -0.3 is 10.6 Å². The normalized spacial score (nSPS) is 21.6. The van der Waals surface area contributed by atoms with Crippen LogP contribution in [0.25, 0.3) is 0 Å². The van der Waals surface area contributed by atoms with Crippen LogP contribution in [-0.2, 0) is 4.79 Å². The Morgan fingerprint density at radius 1 is 1.40 bits per heavy atom. The molecule has 20 heavy (non-hydrogen) atoms. The Bertz CT molecular complexity index is 529. The maximum absolute atomic E-state index is 13.9. The summed E-state index contributed by atoms with van der Waals surface area (Å²) < 4.78 is 27.6. The van der Waals surface area contributed by atoms with E-state index in [1.807, 2.05) is 13.8 Å². The Balaban J connectivity index is 2.22. The number of hydrogen-bond acceptors (Lipinski definition) is 2. The molecule has 2 N–H and O–H groups in total. The van der Waals surface area contributed by atoms with Crippen LogP contribution in [0.3, 0.4) is 0 Å². The molecular formula is C15H20F2N2O. The molecule has 1 unspecified atom stereocenters. The lowest BCUT2D eigenvalue weighted by Gasteiger charge is -2.38. The monoisotopic (exact) mass is 282 g/mol. The fourth-order valence-corrected chi connectivity index (χ4v) is 2.63. The molecule has 1 aromatic carbocycles. The number of nitrogens with one attached hydrogen (secondary N) is 2. The molecule has 5 heteroatoms. The van der Waals surface area contributed by atoms with E-state index >= 15 is 0 Å². The van der Waals surface area contributed by atoms with Crippen molar-refractivity contribution in [3.8, 4) is 0 Å². The number of rotatable bonds is 2. The fraction of sp³-hybridized carbons (Fsp3) is 0.533. The van der Waals surface area contributed by atoms with E-state index in [1.165, 1.54) is 13.0 Å². The van der Waals surface area contributed by atoms with E-state index in [0.717, 1.165) is 25.5 Å². The number of amides is 1. The van der Waals surface area contributed by atoms with Crippen LogP contribution in [0.4, 0.5) is 14.5 Å². The van der Waals surface area contributed by atoms with E-state index in [2.05, 4.69) is 10.6 Å². The largest absolute Gasteiger partial charge is 0.320 e. The van der Waals surface area contributed by atoms with Gasteiger partial charge in [-0.1, -0.05) is 19.9 Å². The molecule has 1 aromatic rings. The summed E-state index contributed by atoms with van der Waals surface area (Å²) in [7, 11) is 0. The first kappa shape index (κ1) is 14.9. The first-order valence-electron chi connectivity index (χ1n) is 6.82. The van der Waals surface area contributed by atoms with Gasteiger partial charge in [-0.25, -0.2) is 8.78 Å². The van der Waals surface area contributed by atoms with Crippen LogP contribution in [-0.4, -0.2) is 18.5 Å². The molecule has 1 amide bonds. The van der Waals surface area contributed by atoms with Crippen molar-refractivity contribution >= 4 is 11.6 Å². The van der Waals surface area contributed by atoms with Crippen LogP contribution in [0.15, 0.2) is 12.1 Å². The van der Waals surface area contributed by atoms with Crippen LogP contribution in [0.1, 0.15) is 32.3 Å². The zero-order chi connectivity index (χ0) is 14.9. The summed E-state index contributed by atoms with van der Waals surface area (Å²) in [5.41, 5.74) is -0.296. The zero-order valence-electron chi connectivity index (χ0n) is 12.0. The van der Waals surface area contributed by atoms with Crippen molar-refractivity contribution in [3.63, 3.8) is 0 Å². The molecule has 110 valence electrons. The van der Waals surface area contributed by atoms with Gasteiger partial charge in [0.15, 0.2) is 5.82 Å². The predicted octanol–water partition coefficient (Wildman–Crippen LogP) is 2.99. The Kier molecular flexibility index (Phi) is 4.09. The number of benzene rings is 1. The van der Waals surface area contributed by atoms with E-state index in [0.29, 0.717) is 5.56 Å². The Morgan fingerprint density at radius 3 is 2.75 bits per heavy atom. The highest BCUT2D eigenvalue weighted by atomic mass is 19.1. The molecule has 1 saturated heterocycles. The summed E-state index contributed by atoms with van der Waals surface area (Å²) in [5.74, 6) is -1.86. The SMILES string of the molecule is Cc1ccc(F)c(NC(=O)C2NCCCC2(C)C)c1F. The maximum Gasteiger partial charge on any atom is 0.242 e. The van der Waals surface area contributed by atoms with Gasteiger partial charge in [0.05, 0.1) is 6.04 Å². The van der Waals surface area contributed by atoms with Gasteiger partial charge in [-0.3, -0.25) is 4.79 Å². The van der Waals surface area contributed by atoms with Crippen molar-refractivity contribution in [1.29, 1.82) is 0 Å². The minimum atomic E-state index is -0.755. The standard InChI is InChI=1S/C15H20F2N2O/c1-9-5-6-10(16)12(11(9)17)19-14(20)13-15(2,3)7-4-8-18-13/h5-6,13,18H,4,7-8H2,1-3H3,(H,19,20). The lowest BCUT2D eigenvalue weighted by atomic mass is 9.77. The van der Waals surface area contributed by atoms with E-state index in [4.69, 9.17) is 0 Å². The molecule has 1 atom stereocenters. The summed E-state index contributed by atoms with van der Waals surface area (Å²) in [6.07, 6.45) is 1.89. The van der Waals surface area contributed by atoms with Crippen LogP contribution in [0.2, 0.25) is 0 Å². The van der Waals surface area contributed by atoms with Crippen LogP contribution in [0.5, 0.6) is 0 Å². The summed E-state index contributed by atoms with van der Waals surface area (Å²) in [4.78, 5) is 12.3. The molecular weight excluding hydrogens is 262 g/mol. The minimum absolute atomic E-state index is 0.237. The van der Waals surface area contributed by atoms with E-state index in [-0.39, 0.29) is 11.1 Å². The molecule has 1 aliphatic heterocycles. The van der Waals surface area contributed by atoms with Gasteiger partial charge >= 0.3 is 0 Å². The van der Waals surface area contributed by atoms with E-state index in [9.17, 15) is 13.6 Å². The number of hydrogen-bond donors (Lipinski definition) is 2. The molecule has 1 aliphatic rings. The topological polar surface area (TPSA) is 41.1 Å². The molecule has 0 spiro atoms. The molecule has 0 aromatic heterocycles. The van der Waals surface area contributed by atoms with Crippen molar-refractivity contribution in [2.75, 3.05) is 11.9 Å². The van der Waals surface area contributed by atoms with Gasteiger partial charge in [-0.05, 0) is 43.4 Å². The van der Waals surface area contributed by atoms with Crippen molar-refractivity contribution in [2.24, 2.45) is 5.41 Å². The highest BCUT2D eigenvalue weighted by Gasteiger charge is 2.37. The Labute approximate surface area is 117 Å². The second-order valence-corrected chi connectivity index (χ2v) is 6.02. The minimum Gasteiger partial charge on any atom is -0.320 e. The number of piperidine rings is 1. The average molecular weight is 282 g/mol. The van der Waals surface area contributed by atoms with Gasteiger partial charge in [0.2, 0.25) is 5.91 Å². The lowest BCUT2D eigenvalue weighted by molar-refractivity contribution is -0.121. The first-order chi connectivity index (χ1) is 9.33. The number of anilines is 1. The molecule has 0 radical (unpaired) electrons. The van der Waals surface area contributed by atoms with Gasteiger partial charge in [-0.2, -0.15) is 0 Å². The van der Waals surface area contributed by atoms with Crippen molar-refractivity contribution in [1.82, 2.24) is 5.32 Å².